The fourth-order valence-corrected chi connectivity index (χ4v) is 2.58. The van der Waals surface area contributed by atoms with Gasteiger partial charge in [-0.3, -0.25) is 9.89 Å². The summed E-state index contributed by atoms with van der Waals surface area (Å²) in [5.74, 6) is 0.613. The molecule has 0 aliphatic carbocycles. The molecular weight excluding hydrogens is 282 g/mol. The van der Waals surface area contributed by atoms with E-state index in [-0.39, 0.29) is 12.5 Å². The highest BCUT2D eigenvalue weighted by molar-refractivity contribution is 5.99. The van der Waals surface area contributed by atoms with Crippen molar-refractivity contribution in [3.05, 3.63) is 17.8 Å². The number of hydrogen-bond donors (Lipinski definition) is 3. The number of aromatic nitrogens is 3. The molecule has 7 nitrogen and oxygen atoms in total. The molecular formula is C15H21N5O2. The Hall–Kier alpha value is -2.15. The first-order chi connectivity index (χ1) is 10.4. The van der Waals surface area contributed by atoms with Gasteiger partial charge in [0.15, 0.2) is 11.5 Å². The Morgan fingerprint density at radius 2 is 2.18 bits per heavy atom. The lowest BCUT2D eigenvalue weighted by Gasteiger charge is -2.17. The third-order valence-electron chi connectivity index (χ3n) is 3.75. The number of aliphatic hydroxyl groups is 1. The molecule has 118 valence electrons. The summed E-state index contributed by atoms with van der Waals surface area (Å²) in [5, 5.41) is 20.5. The van der Waals surface area contributed by atoms with Gasteiger partial charge in [0.05, 0.1) is 16.6 Å². The molecule has 1 aliphatic heterocycles. The van der Waals surface area contributed by atoms with Crippen molar-refractivity contribution in [2.75, 3.05) is 24.5 Å². The first-order valence-electron chi connectivity index (χ1n) is 7.54. The van der Waals surface area contributed by atoms with Gasteiger partial charge < -0.3 is 15.3 Å². The van der Waals surface area contributed by atoms with Crippen molar-refractivity contribution in [1.29, 1.82) is 0 Å². The van der Waals surface area contributed by atoms with Gasteiger partial charge in [-0.05, 0) is 32.8 Å². The van der Waals surface area contributed by atoms with Crippen LogP contribution in [-0.2, 0) is 0 Å². The number of carbonyl (C=O) groups is 1. The van der Waals surface area contributed by atoms with Crippen LogP contribution >= 0.6 is 0 Å². The van der Waals surface area contributed by atoms with E-state index in [1.54, 1.807) is 19.9 Å². The largest absolute Gasteiger partial charge is 0.389 e. The Morgan fingerprint density at radius 3 is 2.86 bits per heavy atom. The van der Waals surface area contributed by atoms with E-state index < -0.39 is 5.60 Å². The maximum absolute atomic E-state index is 12.2. The van der Waals surface area contributed by atoms with Crippen LogP contribution in [0.2, 0.25) is 0 Å². The second-order valence-electron chi connectivity index (χ2n) is 6.36. The average molecular weight is 303 g/mol. The molecule has 3 heterocycles. The molecule has 3 rings (SSSR count). The number of fused-ring (bicyclic) bond motifs is 1. The topological polar surface area (TPSA) is 94.1 Å². The third-order valence-corrected chi connectivity index (χ3v) is 3.75. The van der Waals surface area contributed by atoms with Crippen molar-refractivity contribution in [3.8, 4) is 0 Å². The van der Waals surface area contributed by atoms with E-state index in [0.717, 1.165) is 37.1 Å². The van der Waals surface area contributed by atoms with Gasteiger partial charge in [-0.2, -0.15) is 5.10 Å². The quantitative estimate of drug-likeness (QED) is 0.785. The van der Waals surface area contributed by atoms with Crippen LogP contribution in [-0.4, -0.2) is 51.4 Å². The fourth-order valence-electron chi connectivity index (χ4n) is 2.58. The minimum absolute atomic E-state index is 0.189. The molecule has 1 aliphatic rings. The molecule has 1 fully saturated rings. The van der Waals surface area contributed by atoms with Crippen LogP contribution in [0.3, 0.4) is 0 Å². The van der Waals surface area contributed by atoms with Crippen LogP contribution < -0.4 is 10.2 Å². The molecule has 0 bridgehead atoms. The van der Waals surface area contributed by atoms with E-state index in [0.29, 0.717) is 11.2 Å². The third kappa shape index (κ3) is 3.04. The van der Waals surface area contributed by atoms with Crippen molar-refractivity contribution < 1.29 is 9.90 Å². The minimum atomic E-state index is -0.941. The van der Waals surface area contributed by atoms with Gasteiger partial charge in [-0.25, -0.2) is 4.98 Å². The SMILES string of the molecule is CC(C)(O)CNC(=O)c1cnc2[nH]nc(N3CCCC3)c2c1. The predicted octanol–water partition coefficient (Wildman–Crippen LogP) is 1.06. The molecule has 0 spiro atoms. The predicted molar refractivity (Wildman–Crippen MR) is 84.0 cm³/mol. The van der Waals surface area contributed by atoms with Crippen LogP contribution in [0.15, 0.2) is 12.3 Å². The van der Waals surface area contributed by atoms with Crippen molar-refractivity contribution in [1.82, 2.24) is 20.5 Å². The summed E-state index contributed by atoms with van der Waals surface area (Å²) in [6.45, 7) is 5.45. The molecule has 1 amide bonds. The smallest absolute Gasteiger partial charge is 0.252 e. The molecule has 0 saturated carbocycles. The standard InChI is InChI=1S/C15H21N5O2/c1-15(2,22)9-17-14(21)10-7-11-12(16-8-10)18-19-13(11)20-5-3-4-6-20/h7-8,22H,3-6,9H2,1-2H3,(H,17,21)(H,16,18,19). The molecule has 2 aromatic heterocycles. The van der Waals surface area contributed by atoms with Crippen molar-refractivity contribution in [3.63, 3.8) is 0 Å². The number of carbonyl (C=O) groups excluding carboxylic acids is 1. The number of aromatic amines is 1. The van der Waals surface area contributed by atoms with Gasteiger partial charge in [0, 0.05) is 25.8 Å². The number of amides is 1. The molecule has 0 aromatic carbocycles. The Kier molecular flexibility index (Phi) is 3.74. The highest BCUT2D eigenvalue weighted by atomic mass is 16.3. The first-order valence-corrected chi connectivity index (χ1v) is 7.54. The monoisotopic (exact) mass is 303 g/mol. The van der Waals surface area contributed by atoms with E-state index >= 15 is 0 Å². The number of rotatable bonds is 4. The number of H-pyrrole nitrogens is 1. The van der Waals surface area contributed by atoms with E-state index in [9.17, 15) is 9.90 Å². The number of hydrogen-bond acceptors (Lipinski definition) is 5. The number of nitrogens with zero attached hydrogens (tertiary/aromatic N) is 3. The summed E-state index contributed by atoms with van der Waals surface area (Å²) in [7, 11) is 0. The molecule has 0 unspecified atom stereocenters. The van der Waals surface area contributed by atoms with Gasteiger partial charge in [-0.1, -0.05) is 0 Å². The summed E-state index contributed by atoms with van der Waals surface area (Å²) in [5.41, 5.74) is 0.211. The van der Waals surface area contributed by atoms with E-state index in [1.165, 1.54) is 6.20 Å². The summed E-state index contributed by atoms with van der Waals surface area (Å²) in [6.07, 6.45) is 3.84. The summed E-state index contributed by atoms with van der Waals surface area (Å²) < 4.78 is 0. The van der Waals surface area contributed by atoms with Crippen LogP contribution in [0.25, 0.3) is 11.0 Å². The molecule has 7 heteroatoms. The minimum Gasteiger partial charge on any atom is -0.389 e. The van der Waals surface area contributed by atoms with E-state index in [1.807, 2.05) is 0 Å². The normalized spacial score (nSPS) is 15.5. The fraction of sp³-hybridized carbons (Fsp3) is 0.533. The highest BCUT2D eigenvalue weighted by Gasteiger charge is 2.20. The number of anilines is 1. The van der Waals surface area contributed by atoms with Gasteiger partial charge in [-0.15, -0.1) is 0 Å². The molecule has 0 atom stereocenters. The number of nitrogens with one attached hydrogen (secondary N) is 2. The Bertz CT molecular complexity index is 683. The zero-order valence-electron chi connectivity index (χ0n) is 12.9. The lowest BCUT2D eigenvalue weighted by Crippen LogP contribution is -2.38. The summed E-state index contributed by atoms with van der Waals surface area (Å²) in [6, 6.07) is 1.80. The van der Waals surface area contributed by atoms with E-state index in [4.69, 9.17) is 0 Å². The summed E-state index contributed by atoms with van der Waals surface area (Å²) >= 11 is 0. The number of pyridine rings is 1. The van der Waals surface area contributed by atoms with Crippen LogP contribution in [0, 0.1) is 0 Å². The molecule has 1 saturated heterocycles. The van der Waals surface area contributed by atoms with Crippen LogP contribution in [0.4, 0.5) is 5.82 Å². The maximum Gasteiger partial charge on any atom is 0.252 e. The van der Waals surface area contributed by atoms with Crippen LogP contribution in [0.5, 0.6) is 0 Å². The van der Waals surface area contributed by atoms with Gasteiger partial charge >= 0.3 is 0 Å². The molecule has 2 aromatic rings. The van der Waals surface area contributed by atoms with Crippen LogP contribution in [0.1, 0.15) is 37.0 Å². The van der Waals surface area contributed by atoms with Gasteiger partial charge in [0.25, 0.3) is 5.91 Å². The van der Waals surface area contributed by atoms with Crippen molar-refractivity contribution in [2.45, 2.75) is 32.3 Å². The first kappa shape index (κ1) is 14.8. The Morgan fingerprint density at radius 1 is 1.45 bits per heavy atom. The van der Waals surface area contributed by atoms with Gasteiger partial charge in [0.2, 0.25) is 0 Å². The second-order valence-corrected chi connectivity index (χ2v) is 6.36. The molecule has 0 radical (unpaired) electrons. The molecule has 22 heavy (non-hydrogen) atoms. The molecule has 3 N–H and O–H groups in total. The lowest BCUT2D eigenvalue weighted by molar-refractivity contribution is 0.0694. The van der Waals surface area contributed by atoms with Crippen molar-refractivity contribution >= 4 is 22.8 Å². The lowest BCUT2D eigenvalue weighted by atomic mass is 10.1. The Labute approximate surface area is 128 Å². The van der Waals surface area contributed by atoms with Gasteiger partial charge in [0.1, 0.15) is 0 Å². The maximum atomic E-state index is 12.2. The average Bonchev–Trinajstić information content (AvgIpc) is 3.11. The van der Waals surface area contributed by atoms with Crippen molar-refractivity contribution in [2.24, 2.45) is 0 Å². The second kappa shape index (κ2) is 5.57. The summed E-state index contributed by atoms with van der Waals surface area (Å²) in [4.78, 5) is 18.7. The Balaban J connectivity index is 1.85. The highest BCUT2D eigenvalue weighted by Crippen LogP contribution is 2.26. The zero-order chi connectivity index (χ0) is 15.7. The zero-order valence-corrected chi connectivity index (χ0v) is 12.9. The van der Waals surface area contributed by atoms with E-state index in [2.05, 4.69) is 25.4 Å².